The molecule has 0 saturated carbocycles. The number of furan rings is 1. The number of carbonyl (C=O) groups excluding carboxylic acids is 1. The number of hydrogen-bond acceptors (Lipinski definition) is 4. The Hall–Kier alpha value is -2.99. The largest absolute Gasteiger partial charge is 0.451 e. The zero-order chi connectivity index (χ0) is 18.7. The van der Waals surface area contributed by atoms with E-state index in [4.69, 9.17) is 16.6 Å². The molecule has 0 unspecified atom stereocenters. The molecular formula is C20H19N3O2S. The quantitative estimate of drug-likeness (QED) is 0.674. The van der Waals surface area contributed by atoms with E-state index >= 15 is 0 Å². The second kappa shape index (κ2) is 7.49. The lowest BCUT2D eigenvalue weighted by Crippen LogP contribution is -2.34. The molecule has 0 aliphatic carbocycles. The summed E-state index contributed by atoms with van der Waals surface area (Å²) in [5.41, 5.74) is 4.35. The van der Waals surface area contributed by atoms with E-state index in [1.807, 2.05) is 44.2 Å². The van der Waals surface area contributed by atoms with Gasteiger partial charge in [0.15, 0.2) is 10.9 Å². The fraction of sp³-hybridized carbons (Fsp3) is 0.150. The topological polar surface area (TPSA) is 67.2 Å². The predicted molar refractivity (Wildman–Crippen MR) is 106 cm³/mol. The van der Waals surface area contributed by atoms with Crippen LogP contribution in [-0.4, -0.2) is 16.0 Å². The predicted octanol–water partition coefficient (Wildman–Crippen LogP) is 4.39. The van der Waals surface area contributed by atoms with Crippen LogP contribution < -0.4 is 10.6 Å². The molecule has 0 aliphatic rings. The maximum Gasteiger partial charge on any atom is 0.293 e. The maximum atomic E-state index is 12.3. The third-order valence-electron chi connectivity index (χ3n) is 4.01. The monoisotopic (exact) mass is 365 g/mol. The van der Waals surface area contributed by atoms with Crippen LogP contribution >= 0.6 is 12.2 Å². The van der Waals surface area contributed by atoms with Gasteiger partial charge >= 0.3 is 0 Å². The molecule has 1 amide bonds. The Morgan fingerprint density at radius 1 is 1.04 bits per heavy atom. The highest BCUT2D eigenvalue weighted by molar-refractivity contribution is 7.80. The Morgan fingerprint density at radius 3 is 2.58 bits per heavy atom. The highest BCUT2D eigenvalue weighted by atomic mass is 32.1. The highest BCUT2D eigenvalue weighted by Crippen LogP contribution is 2.24. The van der Waals surface area contributed by atoms with Crippen LogP contribution in [0.2, 0.25) is 0 Å². The van der Waals surface area contributed by atoms with Gasteiger partial charge in [-0.1, -0.05) is 12.1 Å². The van der Waals surface area contributed by atoms with Crippen molar-refractivity contribution in [2.45, 2.75) is 20.8 Å². The molecule has 0 fully saturated rings. The molecule has 0 atom stereocenters. The molecule has 3 rings (SSSR count). The molecule has 26 heavy (non-hydrogen) atoms. The van der Waals surface area contributed by atoms with Crippen LogP contribution in [0.15, 0.2) is 53.1 Å². The summed E-state index contributed by atoms with van der Waals surface area (Å²) in [5.74, 6) is 0.993. The van der Waals surface area contributed by atoms with Gasteiger partial charge in [0.05, 0.1) is 0 Å². The van der Waals surface area contributed by atoms with E-state index in [-0.39, 0.29) is 10.9 Å². The van der Waals surface area contributed by atoms with Gasteiger partial charge in [-0.3, -0.25) is 10.1 Å². The van der Waals surface area contributed by atoms with E-state index in [2.05, 4.69) is 22.5 Å². The summed E-state index contributed by atoms with van der Waals surface area (Å²) in [6.07, 6.45) is 1.67. The molecule has 2 aromatic heterocycles. The van der Waals surface area contributed by atoms with Crippen molar-refractivity contribution in [2.75, 3.05) is 5.32 Å². The number of anilines is 1. The number of aryl methyl sites for hydroxylation is 3. The number of hydrogen-bond donors (Lipinski definition) is 2. The summed E-state index contributed by atoms with van der Waals surface area (Å²) in [7, 11) is 0. The van der Waals surface area contributed by atoms with E-state index < -0.39 is 5.91 Å². The van der Waals surface area contributed by atoms with Gasteiger partial charge in [-0.25, -0.2) is 4.98 Å². The first-order valence-corrected chi connectivity index (χ1v) is 8.55. The molecule has 0 radical (unpaired) electrons. The number of nitrogens with one attached hydrogen (secondary N) is 2. The van der Waals surface area contributed by atoms with Crippen LogP contribution in [0.4, 0.5) is 5.82 Å². The first-order valence-electron chi connectivity index (χ1n) is 8.15. The minimum atomic E-state index is -0.412. The van der Waals surface area contributed by atoms with Gasteiger partial charge in [-0.05, 0) is 80.0 Å². The number of amides is 1. The molecule has 1 aromatic carbocycles. The average Bonchev–Trinajstić information content (AvgIpc) is 3.07. The molecule has 2 heterocycles. The van der Waals surface area contributed by atoms with Crippen molar-refractivity contribution < 1.29 is 9.21 Å². The fourth-order valence-corrected chi connectivity index (χ4v) is 2.62. The number of benzene rings is 1. The Bertz CT molecular complexity index is 979. The lowest BCUT2D eigenvalue weighted by atomic mass is 10.1. The summed E-state index contributed by atoms with van der Waals surface area (Å²) in [6, 6.07) is 13.2. The molecule has 6 heteroatoms. The van der Waals surface area contributed by atoms with Crippen LogP contribution in [0.1, 0.15) is 27.2 Å². The van der Waals surface area contributed by atoms with Crippen molar-refractivity contribution >= 4 is 29.1 Å². The molecule has 5 nitrogen and oxygen atoms in total. The van der Waals surface area contributed by atoms with E-state index in [0.29, 0.717) is 11.6 Å². The van der Waals surface area contributed by atoms with E-state index in [1.165, 1.54) is 11.1 Å². The number of pyridine rings is 1. The summed E-state index contributed by atoms with van der Waals surface area (Å²) in [4.78, 5) is 16.5. The lowest BCUT2D eigenvalue weighted by Gasteiger charge is -2.08. The van der Waals surface area contributed by atoms with Crippen molar-refractivity contribution in [3.63, 3.8) is 0 Å². The number of aromatic nitrogens is 1. The van der Waals surface area contributed by atoms with Crippen LogP contribution in [0, 0.1) is 20.8 Å². The minimum absolute atomic E-state index is 0.164. The van der Waals surface area contributed by atoms with Crippen LogP contribution in [0.3, 0.4) is 0 Å². The van der Waals surface area contributed by atoms with Gasteiger partial charge in [0.1, 0.15) is 11.6 Å². The Morgan fingerprint density at radius 2 is 1.85 bits per heavy atom. The Kier molecular flexibility index (Phi) is 5.14. The zero-order valence-electron chi connectivity index (χ0n) is 14.8. The number of thiocarbonyl (C=S) groups is 1. The molecule has 3 aromatic rings. The first-order chi connectivity index (χ1) is 12.4. The van der Waals surface area contributed by atoms with E-state index in [9.17, 15) is 4.79 Å². The molecule has 2 N–H and O–H groups in total. The summed E-state index contributed by atoms with van der Waals surface area (Å²) < 4.78 is 5.68. The minimum Gasteiger partial charge on any atom is -0.451 e. The standard InChI is InChI=1S/C20H19N3O2S/c1-12-8-9-21-18(10-12)22-20(26)23-19(24)17-7-6-16(25-17)15-5-4-13(2)14(3)11-15/h4-11H,1-3H3,(H2,21,22,23,24,26). The van der Waals surface area contributed by atoms with Gasteiger partial charge in [0.2, 0.25) is 0 Å². The van der Waals surface area contributed by atoms with Crippen molar-refractivity contribution in [1.82, 2.24) is 10.3 Å². The SMILES string of the molecule is Cc1ccnc(NC(=S)NC(=O)c2ccc(-c3ccc(C)c(C)c3)o2)c1. The van der Waals surface area contributed by atoms with Crippen molar-refractivity contribution in [1.29, 1.82) is 0 Å². The normalized spacial score (nSPS) is 10.4. The van der Waals surface area contributed by atoms with E-state index in [0.717, 1.165) is 11.1 Å². The number of rotatable bonds is 3. The molecule has 0 saturated heterocycles. The second-order valence-electron chi connectivity index (χ2n) is 6.09. The van der Waals surface area contributed by atoms with Gasteiger partial charge in [0, 0.05) is 11.8 Å². The number of carbonyl (C=O) groups is 1. The molecule has 0 spiro atoms. The molecular weight excluding hydrogens is 346 g/mol. The van der Waals surface area contributed by atoms with Gasteiger partial charge in [-0.2, -0.15) is 0 Å². The van der Waals surface area contributed by atoms with Crippen molar-refractivity contribution in [3.05, 3.63) is 71.1 Å². The first kappa shape index (κ1) is 17.8. The fourth-order valence-electron chi connectivity index (χ4n) is 2.43. The maximum absolute atomic E-state index is 12.3. The summed E-state index contributed by atoms with van der Waals surface area (Å²) >= 11 is 5.16. The lowest BCUT2D eigenvalue weighted by molar-refractivity contribution is 0.0951. The third kappa shape index (κ3) is 4.15. The van der Waals surface area contributed by atoms with Crippen molar-refractivity contribution in [3.8, 4) is 11.3 Å². The van der Waals surface area contributed by atoms with Crippen molar-refractivity contribution in [2.24, 2.45) is 0 Å². The van der Waals surface area contributed by atoms with Gasteiger partial charge in [-0.15, -0.1) is 0 Å². The molecule has 132 valence electrons. The second-order valence-corrected chi connectivity index (χ2v) is 6.50. The van der Waals surface area contributed by atoms with Crippen LogP contribution in [-0.2, 0) is 0 Å². The molecule has 0 bridgehead atoms. The summed E-state index contributed by atoms with van der Waals surface area (Å²) in [6.45, 7) is 6.04. The third-order valence-corrected chi connectivity index (χ3v) is 4.21. The highest BCUT2D eigenvalue weighted by Gasteiger charge is 2.14. The number of nitrogens with zero attached hydrogens (tertiary/aromatic N) is 1. The molecule has 0 aliphatic heterocycles. The smallest absolute Gasteiger partial charge is 0.293 e. The Balaban J connectivity index is 1.67. The van der Waals surface area contributed by atoms with Gasteiger partial charge in [0.25, 0.3) is 5.91 Å². The van der Waals surface area contributed by atoms with Gasteiger partial charge < -0.3 is 9.73 Å². The van der Waals surface area contributed by atoms with Crippen LogP contribution in [0.25, 0.3) is 11.3 Å². The zero-order valence-corrected chi connectivity index (χ0v) is 15.6. The summed E-state index contributed by atoms with van der Waals surface area (Å²) in [5, 5.41) is 5.64. The van der Waals surface area contributed by atoms with E-state index in [1.54, 1.807) is 18.3 Å². The average molecular weight is 365 g/mol. The van der Waals surface area contributed by atoms with Crippen LogP contribution in [0.5, 0.6) is 0 Å². The Labute approximate surface area is 157 Å².